The van der Waals surface area contributed by atoms with Crippen LogP contribution in [0.15, 0.2) is 53.9 Å². The van der Waals surface area contributed by atoms with Crippen molar-refractivity contribution in [2.45, 2.75) is 32.5 Å². The highest BCUT2D eigenvalue weighted by Crippen LogP contribution is 2.23. The summed E-state index contributed by atoms with van der Waals surface area (Å²) in [6.45, 7) is 6.01. The molecule has 1 heterocycles. The monoisotopic (exact) mass is 394 g/mol. The average Bonchev–Trinajstić information content (AvgIpc) is 3.15. The minimum Gasteiger partial charge on any atom is -0.352 e. The van der Waals surface area contributed by atoms with Crippen LogP contribution in [0.25, 0.3) is 5.69 Å². The van der Waals surface area contributed by atoms with Crippen LogP contribution in [-0.2, 0) is 11.3 Å². The number of aromatic nitrogens is 3. The van der Waals surface area contributed by atoms with Crippen molar-refractivity contribution in [2.24, 2.45) is 0 Å². The van der Waals surface area contributed by atoms with Crippen LogP contribution >= 0.6 is 11.8 Å². The Kier molecular flexibility index (Phi) is 6.26. The topological polar surface area (TPSA) is 76.9 Å². The molecule has 0 radical (unpaired) electrons. The first kappa shape index (κ1) is 19.8. The van der Waals surface area contributed by atoms with Gasteiger partial charge in [0, 0.05) is 19.0 Å². The lowest BCUT2D eigenvalue weighted by Gasteiger charge is -2.10. The number of ketones is 1. The molecule has 0 spiro atoms. The van der Waals surface area contributed by atoms with E-state index in [-0.39, 0.29) is 17.4 Å². The summed E-state index contributed by atoms with van der Waals surface area (Å²) in [5, 5.41) is 11.6. The minimum atomic E-state index is -0.0792. The fraction of sp³-hybridized carbons (Fsp3) is 0.238. The molecule has 1 N–H and O–H groups in total. The Bertz CT molecular complexity index is 996. The van der Waals surface area contributed by atoms with Gasteiger partial charge in [0.05, 0.1) is 11.4 Å². The van der Waals surface area contributed by atoms with E-state index in [9.17, 15) is 9.59 Å². The molecular formula is C21H22N4O2S. The molecule has 0 unspecified atom stereocenters. The van der Waals surface area contributed by atoms with Crippen molar-refractivity contribution in [2.75, 3.05) is 5.75 Å². The molecule has 0 fully saturated rings. The zero-order chi connectivity index (χ0) is 20.1. The van der Waals surface area contributed by atoms with Gasteiger partial charge in [0.2, 0.25) is 5.91 Å². The van der Waals surface area contributed by atoms with Crippen LogP contribution in [0.5, 0.6) is 0 Å². The second kappa shape index (κ2) is 8.84. The predicted octanol–water partition coefficient (Wildman–Crippen LogP) is 3.50. The van der Waals surface area contributed by atoms with E-state index in [4.69, 9.17) is 0 Å². The van der Waals surface area contributed by atoms with E-state index in [1.165, 1.54) is 18.7 Å². The third kappa shape index (κ3) is 4.86. The van der Waals surface area contributed by atoms with Crippen LogP contribution in [0, 0.1) is 13.8 Å². The molecule has 0 aliphatic carbocycles. The number of aryl methyl sites for hydroxylation is 2. The van der Waals surface area contributed by atoms with Crippen molar-refractivity contribution in [1.82, 2.24) is 20.1 Å². The Morgan fingerprint density at radius 2 is 1.86 bits per heavy atom. The molecule has 144 valence electrons. The third-order valence-electron chi connectivity index (χ3n) is 4.29. The second-order valence-electron chi connectivity index (χ2n) is 6.59. The van der Waals surface area contributed by atoms with Crippen LogP contribution in [0.2, 0.25) is 0 Å². The maximum Gasteiger partial charge on any atom is 0.217 e. The number of nitrogens with one attached hydrogen (secondary N) is 1. The minimum absolute atomic E-state index is 0.0200. The fourth-order valence-electron chi connectivity index (χ4n) is 2.72. The number of thioether (sulfide) groups is 1. The molecule has 3 aromatic rings. The molecule has 28 heavy (non-hydrogen) atoms. The highest BCUT2D eigenvalue weighted by molar-refractivity contribution is 7.99. The van der Waals surface area contributed by atoms with Gasteiger partial charge in [-0.2, -0.15) is 0 Å². The highest BCUT2D eigenvalue weighted by atomic mass is 32.2. The molecule has 3 rings (SSSR count). The lowest BCUT2D eigenvalue weighted by Crippen LogP contribution is -2.18. The van der Waals surface area contributed by atoms with Crippen LogP contribution in [-0.4, -0.2) is 32.2 Å². The Morgan fingerprint density at radius 3 is 2.57 bits per heavy atom. The normalized spacial score (nSPS) is 10.7. The van der Waals surface area contributed by atoms with E-state index >= 15 is 0 Å². The number of carbonyl (C=O) groups excluding carboxylic acids is 2. The first-order valence-corrected chi connectivity index (χ1v) is 9.89. The van der Waals surface area contributed by atoms with Gasteiger partial charge in [0.25, 0.3) is 0 Å². The molecule has 0 saturated heterocycles. The molecular weight excluding hydrogens is 372 g/mol. The molecule has 6 nitrogen and oxygen atoms in total. The maximum atomic E-state index is 12.5. The molecule has 1 amide bonds. The number of hydrogen-bond donors (Lipinski definition) is 1. The fourth-order valence-corrected chi connectivity index (χ4v) is 3.53. The number of nitrogens with zero attached hydrogens (tertiary/aromatic N) is 3. The van der Waals surface area contributed by atoms with E-state index in [2.05, 4.69) is 33.7 Å². The van der Waals surface area contributed by atoms with E-state index in [0.29, 0.717) is 17.3 Å². The lowest BCUT2D eigenvalue weighted by atomic mass is 10.1. The number of rotatable bonds is 7. The Balaban J connectivity index is 1.66. The number of carbonyl (C=O) groups is 2. The molecule has 0 aliphatic rings. The second-order valence-corrected chi connectivity index (χ2v) is 7.53. The number of benzene rings is 2. The number of Topliss-reactive ketones (excluding diaryl/α,β-unsaturated/α-hetero) is 1. The quantitative estimate of drug-likeness (QED) is 0.490. The Morgan fingerprint density at radius 1 is 1.11 bits per heavy atom. The smallest absolute Gasteiger partial charge is 0.217 e. The van der Waals surface area contributed by atoms with Crippen LogP contribution in [0.4, 0.5) is 0 Å². The summed E-state index contributed by atoms with van der Waals surface area (Å²) >= 11 is 1.37. The van der Waals surface area contributed by atoms with Crippen molar-refractivity contribution in [3.8, 4) is 5.69 Å². The molecule has 7 heteroatoms. The van der Waals surface area contributed by atoms with E-state index in [1.807, 2.05) is 30.5 Å². The molecule has 1 aromatic heterocycles. The summed E-state index contributed by atoms with van der Waals surface area (Å²) < 4.78 is 1.91. The van der Waals surface area contributed by atoms with Gasteiger partial charge in [-0.05, 0) is 36.6 Å². The van der Waals surface area contributed by atoms with Crippen molar-refractivity contribution < 1.29 is 9.59 Å². The summed E-state index contributed by atoms with van der Waals surface area (Å²) in [6.07, 6.45) is 1.67. The van der Waals surface area contributed by atoms with Gasteiger partial charge in [-0.15, -0.1) is 10.2 Å². The number of hydrogen-bond acceptors (Lipinski definition) is 5. The zero-order valence-electron chi connectivity index (χ0n) is 16.1. The summed E-state index contributed by atoms with van der Waals surface area (Å²) in [7, 11) is 0. The molecule has 2 aromatic carbocycles. The van der Waals surface area contributed by atoms with Crippen LogP contribution in [0.3, 0.4) is 0 Å². The predicted molar refractivity (Wildman–Crippen MR) is 110 cm³/mol. The van der Waals surface area contributed by atoms with Gasteiger partial charge in [0.1, 0.15) is 6.33 Å². The first-order valence-electron chi connectivity index (χ1n) is 8.91. The molecule has 0 aliphatic heterocycles. The van der Waals surface area contributed by atoms with Gasteiger partial charge in [0.15, 0.2) is 10.9 Å². The zero-order valence-corrected chi connectivity index (χ0v) is 16.9. The first-order chi connectivity index (χ1) is 13.4. The molecule has 0 saturated carbocycles. The third-order valence-corrected chi connectivity index (χ3v) is 5.23. The summed E-state index contributed by atoms with van der Waals surface area (Å²) in [5.41, 5.74) is 4.88. The maximum absolute atomic E-state index is 12.5. The van der Waals surface area contributed by atoms with Crippen molar-refractivity contribution in [3.63, 3.8) is 0 Å². The largest absolute Gasteiger partial charge is 0.352 e. The van der Waals surface area contributed by atoms with Gasteiger partial charge in [-0.3, -0.25) is 14.2 Å². The van der Waals surface area contributed by atoms with Crippen LogP contribution in [0.1, 0.15) is 34.0 Å². The van der Waals surface area contributed by atoms with Crippen molar-refractivity contribution in [3.05, 3.63) is 71.0 Å². The SMILES string of the molecule is CC(=O)NCc1ccc(C(=O)CSc2nncn2-c2cc(C)ccc2C)cc1. The van der Waals surface area contributed by atoms with E-state index in [0.717, 1.165) is 22.4 Å². The van der Waals surface area contributed by atoms with Crippen molar-refractivity contribution >= 4 is 23.5 Å². The lowest BCUT2D eigenvalue weighted by molar-refractivity contribution is -0.119. The Labute approximate surface area is 168 Å². The number of amides is 1. The Hall–Kier alpha value is -2.93. The van der Waals surface area contributed by atoms with Gasteiger partial charge in [-0.25, -0.2) is 0 Å². The molecule has 0 bridgehead atoms. The van der Waals surface area contributed by atoms with Gasteiger partial charge in [-0.1, -0.05) is 48.2 Å². The van der Waals surface area contributed by atoms with Gasteiger partial charge >= 0.3 is 0 Å². The highest BCUT2D eigenvalue weighted by Gasteiger charge is 2.13. The van der Waals surface area contributed by atoms with E-state index in [1.54, 1.807) is 18.5 Å². The van der Waals surface area contributed by atoms with Crippen LogP contribution < -0.4 is 5.32 Å². The van der Waals surface area contributed by atoms with E-state index < -0.39 is 0 Å². The summed E-state index contributed by atoms with van der Waals surface area (Å²) in [4.78, 5) is 23.5. The van der Waals surface area contributed by atoms with Crippen molar-refractivity contribution in [1.29, 1.82) is 0 Å². The van der Waals surface area contributed by atoms with Gasteiger partial charge < -0.3 is 5.32 Å². The average molecular weight is 395 g/mol. The summed E-state index contributed by atoms with van der Waals surface area (Å²) in [5.74, 6) is 0.213. The molecule has 0 atom stereocenters. The standard InChI is InChI=1S/C21H22N4O2S/c1-14-4-5-15(2)19(10-14)25-13-23-24-21(25)28-12-20(27)18-8-6-17(7-9-18)11-22-16(3)26/h4-10,13H,11-12H2,1-3H3,(H,22,26). The summed E-state index contributed by atoms with van der Waals surface area (Å²) in [6, 6.07) is 13.5.